The highest BCUT2D eigenvalue weighted by Crippen LogP contribution is 2.28. The van der Waals surface area contributed by atoms with Crippen molar-refractivity contribution in [2.45, 2.75) is 26.2 Å². The van der Waals surface area contributed by atoms with E-state index in [0.29, 0.717) is 5.02 Å². The van der Waals surface area contributed by atoms with Crippen LogP contribution in [0.5, 0.6) is 0 Å². The highest BCUT2D eigenvalue weighted by Gasteiger charge is 2.18. The Balaban J connectivity index is 3.12. The van der Waals surface area contributed by atoms with Gasteiger partial charge >= 0.3 is 0 Å². The van der Waals surface area contributed by atoms with Crippen molar-refractivity contribution in [2.24, 2.45) is 0 Å². The molecule has 0 amide bonds. The predicted molar refractivity (Wildman–Crippen MR) is 59.8 cm³/mol. The summed E-state index contributed by atoms with van der Waals surface area (Å²) < 4.78 is 0. The fourth-order valence-corrected chi connectivity index (χ4v) is 1.85. The lowest BCUT2D eigenvalue weighted by Crippen LogP contribution is -2.08. The van der Waals surface area contributed by atoms with Gasteiger partial charge in [-0.15, -0.1) is 0 Å². The second-order valence-electron chi connectivity index (χ2n) is 3.55. The summed E-state index contributed by atoms with van der Waals surface area (Å²) in [6.45, 7) is 3.42. The number of aryl methyl sites for hydroxylation is 1. The molecule has 0 aromatic heterocycles. The first kappa shape index (κ1) is 11.7. The molecule has 0 N–H and O–H groups in total. The third-order valence-corrected chi connectivity index (χ3v) is 2.64. The van der Waals surface area contributed by atoms with E-state index in [1.165, 1.54) is 6.92 Å². The zero-order valence-corrected chi connectivity index (χ0v) is 9.51. The van der Waals surface area contributed by atoms with Gasteiger partial charge in [-0.05, 0) is 31.0 Å². The third kappa shape index (κ3) is 2.81. The number of Topliss-reactive ketones (excluding diaryl/α,β-unsaturated/α-hetero) is 1. The number of nitrogens with zero attached hydrogens (tertiary/aromatic N) is 1. The number of halogens is 1. The number of benzene rings is 1. The van der Waals surface area contributed by atoms with Gasteiger partial charge in [-0.25, -0.2) is 0 Å². The van der Waals surface area contributed by atoms with Gasteiger partial charge in [-0.2, -0.15) is 5.26 Å². The Labute approximate surface area is 94.5 Å². The Bertz CT molecular complexity index is 420. The maximum Gasteiger partial charge on any atom is 0.138 e. The van der Waals surface area contributed by atoms with Crippen molar-refractivity contribution < 1.29 is 4.79 Å². The molecule has 0 aliphatic heterocycles. The Morgan fingerprint density at radius 1 is 1.60 bits per heavy atom. The quantitative estimate of drug-likeness (QED) is 0.786. The van der Waals surface area contributed by atoms with Gasteiger partial charge in [-0.3, -0.25) is 4.79 Å². The highest BCUT2D eigenvalue weighted by molar-refractivity contribution is 6.31. The van der Waals surface area contributed by atoms with Crippen LogP contribution in [0, 0.1) is 18.3 Å². The fraction of sp³-hybridized carbons (Fsp3) is 0.333. The van der Waals surface area contributed by atoms with E-state index in [0.717, 1.165) is 11.1 Å². The van der Waals surface area contributed by atoms with Gasteiger partial charge in [-0.1, -0.05) is 23.7 Å². The third-order valence-electron chi connectivity index (χ3n) is 2.32. The Morgan fingerprint density at radius 3 is 2.73 bits per heavy atom. The first-order valence-electron chi connectivity index (χ1n) is 4.69. The Morgan fingerprint density at radius 2 is 2.27 bits per heavy atom. The molecule has 15 heavy (non-hydrogen) atoms. The molecule has 0 saturated heterocycles. The maximum absolute atomic E-state index is 11.4. The lowest BCUT2D eigenvalue weighted by molar-refractivity contribution is -0.118. The number of hydrogen-bond acceptors (Lipinski definition) is 2. The van der Waals surface area contributed by atoms with E-state index in [9.17, 15) is 4.79 Å². The van der Waals surface area contributed by atoms with Crippen LogP contribution >= 0.6 is 11.6 Å². The minimum Gasteiger partial charge on any atom is -0.299 e. The summed E-state index contributed by atoms with van der Waals surface area (Å²) in [6.07, 6.45) is 0.179. The first-order valence-corrected chi connectivity index (χ1v) is 5.07. The van der Waals surface area contributed by atoms with Crippen LogP contribution in [0.15, 0.2) is 18.2 Å². The highest BCUT2D eigenvalue weighted by atomic mass is 35.5. The molecule has 1 aromatic rings. The normalized spacial score (nSPS) is 11.9. The summed E-state index contributed by atoms with van der Waals surface area (Å²) in [7, 11) is 0. The van der Waals surface area contributed by atoms with Crippen LogP contribution in [0.1, 0.15) is 30.4 Å². The van der Waals surface area contributed by atoms with E-state index in [1.54, 1.807) is 0 Å². The van der Waals surface area contributed by atoms with Crippen molar-refractivity contribution in [1.82, 2.24) is 0 Å². The Kier molecular flexibility index (Phi) is 3.88. The van der Waals surface area contributed by atoms with Crippen LogP contribution in [0.2, 0.25) is 5.02 Å². The summed E-state index contributed by atoms with van der Waals surface area (Å²) in [5, 5.41) is 9.21. The topological polar surface area (TPSA) is 40.9 Å². The van der Waals surface area contributed by atoms with Gasteiger partial charge in [0.1, 0.15) is 5.78 Å². The SMILES string of the molecule is CC(=O)C(CC#N)c1ccc(C)cc1Cl. The average Bonchev–Trinajstić information content (AvgIpc) is 2.15. The summed E-state index contributed by atoms with van der Waals surface area (Å²) in [5.74, 6) is -0.426. The molecule has 0 heterocycles. The number of hydrogen-bond donors (Lipinski definition) is 0. The van der Waals surface area contributed by atoms with Crippen molar-refractivity contribution in [1.29, 1.82) is 5.26 Å². The molecule has 0 radical (unpaired) electrons. The zero-order chi connectivity index (χ0) is 11.4. The van der Waals surface area contributed by atoms with Crippen LogP contribution < -0.4 is 0 Å². The fourth-order valence-electron chi connectivity index (χ4n) is 1.48. The molecule has 2 nitrogen and oxygen atoms in total. The van der Waals surface area contributed by atoms with Crippen LogP contribution in [0.4, 0.5) is 0 Å². The van der Waals surface area contributed by atoms with E-state index in [2.05, 4.69) is 0 Å². The molecular weight excluding hydrogens is 210 g/mol. The van der Waals surface area contributed by atoms with Crippen molar-refractivity contribution in [3.8, 4) is 6.07 Å². The van der Waals surface area contributed by atoms with Crippen LogP contribution in [-0.4, -0.2) is 5.78 Å². The smallest absolute Gasteiger partial charge is 0.138 e. The van der Waals surface area contributed by atoms with Crippen LogP contribution in [0.3, 0.4) is 0 Å². The maximum atomic E-state index is 11.4. The molecule has 0 aliphatic carbocycles. The molecule has 1 atom stereocenters. The van der Waals surface area contributed by atoms with Crippen molar-refractivity contribution in [2.75, 3.05) is 0 Å². The molecule has 1 rings (SSSR count). The number of ketones is 1. The van der Waals surface area contributed by atoms with Crippen molar-refractivity contribution >= 4 is 17.4 Å². The molecular formula is C12H12ClNO. The monoisotopic (exact) mass is 221 g/mol. The average molecular weight is 222 g/mol. The van der Waals surface area contributed by atoms with Gasteiger partial charge in [0.05, 0.1) is 12.0 Å². The summed E-state index contributed by atoms with van der Waals surface area (Å²) in [5.41, 5.74) is 1.79. The molecule has 0 spiro atoms. The lowest BCUT2D eigenvalue weighted by Gasteiger charge is -2.12. The molecule has 3 heteroatoms. The van der Waals surface area contributed by atoms with Gasteiger partial charge < -0.3 is 0 Å². The molecule has 0 bridgehead atoms. The number of carbonyl (C=O) groups is 1. The summed E-state index contributed by atoms with van der Waals surface area (Å²) in [6, 6.07) is 7.54. The molecule has 0 aliphatic rings. The van der Waals surface area contributed by atoms with E-state index >= 15 is 0 Å². The van der Waals surface area contributed by atoms with Crippen LogP contribution in [0.25, 0.3) is 0 Å². The molecule has 0 fully saturated rings. The molecule has 1 aromatic carbocycles. The van der Waals surface area contributed by atoms with Crippen LogP contribution in [-0.2, 0) is 4.79 Å². The largest absolute Gasteiger partial charge is 0.299 e. The lowest BCUT2D eigenvalue weighted by atomic mass is 9.92. The molecule has 78 valence electrons. The predicted octanol–water partition coefficient (Wildman–Crippen LogP) is 3.23. The second-order valence-corrected chi connectivity index (χ2v) is 3.96. The molecule has 1 unspecified atom stereocenters. The second kappa shape index (κ2) is 4.95. The van der Waals surface area contributed by atoms with Gasteiger partial charge in [0, 0.05) is 11.4 Å². The van der Waals surface area contributed by atoms with E-state index in [1.807, 2.05) is 31.2 Å². The first-order chi connectivity index (χ1) is 7.06. The van der Waals surface area contributed by atoms with E-state index in [4.69, 9.17) is 16.9 Å². The van der Waals surface area contributed by atoms with Gasteiger partial charge in [0.2, 0.25) is 0 Å². The summed E-state index contributed by atoms with van der Waals surface area (Å²) >= 11 is 6.04. The minimum atomic E-state index is -0.400. The van der Waals surface area contributed by atoms with E-state index < -0.39 is 5.92 Å². The van der Waals surface area contributed by atoms with Crippen molar-refractivity contribution in [3.05, 3.63) is 34.3 Å². The van der Waals surface area contributed by atoms with Gasteiger partial charge in [0.25, 0.3) is 0 Å². The number of nitriles is 1. The standard InChI is InChI=1S/C12H12ClNO/c1-8-3-4-11(12(13)7-8)10(5-6-14)9(2)15/h3-4,7,10H,5H2,1-2H3. The van der Waals surface area contributed by atoms with Crippen molar-refractivity contribution in [3.63, 3.8) is 0 Å². The molecule has 0 saturated carbocycles. The van der Waals surface area contributed by atoms with E-state index in [-0.39, 0.29) is 12.2 Å². The zero-order valence-electron chi connectivity index (χ0n) is 8.75. The Hall–Kier alpha value is -1.33. The summed E-state index contributed by atoms with van der Waals surface area (Å²) in [4.78, 5) is 11.4. The van der Waals surface area contributed by atoms with Gasteiger partial charge in [0.15, 0.2) is 0 Å². The minimum absolute atomic E-state index is 0.0256. The number of rotatable bonds is 3. The number of carbonyl (C=O) groups excluding carboxylic acids is 1.